The lowest BCUT2D eigenvalue weighted by molar-refractivity contribution is -0.858. The summed E-state index contributed by atoms with van der Waals surface area (Å²) in [6, 6.07) is 10.2. The van der Waals surface area contributed by atoms with E-state index in [1.54, 1.807) is 44.3 Å². The molecule has 2 N–H and O–H groups in total. The van der Waals surface area contributed by atoms with Gasteiger partial charge in [0.1, 0.15) is 5.76 Å². The van der Waals surface area contributed by atoms with Crippen LogP contribution in [-0.2, 0) is 15.1 Å². The third-order valence-electron chi connectivity index (χ3n) is 5.97. The Morgan fingerprint density at radius 1 is 1.16 bits per heavy atom. The number of hydrogen-bond donors (Lipinski definition) is 2. The molecule has 0 saturated heterocycles. The molecule has 0 aliphatic carbocycles. The van der Waals surface area contributed by atoms with Crippen LogP contribution in [-0.4, -0.2) is 61.8 Å². The van der Waals surface area contributed by atoms with E-state index in [1.807, 2.05) is 14.1 Å². The van der Waals surface area contributed by atoms with Crippen molar-refractivity contribution in [1.29, 1.82) is 0 Å². The Morgan fingerprint density at radius 3 is 2.52 bits per heavy atom. The van der Waals surface area contributed by atoms with Gasteiger partial charge in [0.15, 0.2) is 17.1 Å². The molecule has 0 unspecified atom stereocenters. The molecule has 1 spiro atoms. The Labute approximate surface area is 180 Å². The van der Waals surface area contributed by atoms with E-state index in [9.17, 15) is 19.5 Å². The fourth-order valence-corrected chi connectivity index (χ4v) is 4.55. The number of fused-ring (bicyclic) bond motifs is 2. The molecule has 1 atom stereocenters. The number of furan rings is 1. The van der Waals surface area contributed by atoms with Gasteiger partial charge in [-0.1, -0.05) is 18.2 Å². The predicted octanol–water partition coefficient (Wildman–Crippen LogP) is 0.832. The smallest absolute Gasteiger partial charge is 0.290 e. The minimum atomic E-state index is -1.72. The van der Waals surface area contributed by atoms with Gasteiger partial charge in [-0.25, -0.2) is 0 Å². The molecule has 162 valence electrons. The predicted molar refractivity (Wildman–Crippen MR) is 113 cm³/mol. The fraction of sp³-hybridized carbons (Fsp3) is 0.348. The van der Waals surface area contributed by atoms with Gasteiger partial charge in [0.2, 0.25) is 5.78 Å². The zero-order valence-corrected chi connectivity index (χ0v) is 18.1. The molecular formula is C23H26N3O5+. The van der Waals surface area contributed by atoms with E-state index in [2.05, 4.69) is 0 Å². The zero-order chi connectivity index (χ0) is 22.5. The Balaban J connectivity index is 1.92. The summed E-state index contributed by atoms with van der Waals surface area (Å²) in [5.74, 6) is -2.05. The molecule has 2 aromatic rings. The van der Waals surface area contributed by atoms with Crippen molar-refractivity contribution in [3.8, 4) is 0 Å². The number of nitrogens with one attached hydrogen (secondary N) is 1. The summed E-state index contributed by atoms with van der Waals surface area (Å²) in [4.78, 5) is 44.4. The number of nitrogens with zero attached hydrogens (tertiary/aromatic N) is 2. The van der Waals surface area contributed by atoms with Gasteiger partial charge in [-0.3, -0.25) is 14.4 Å². The highest BCUT2D eigenvalue weighted by molar-refractivity contribution is 6.25. The number of carbonyl (C=O) groups is 3. The number of aliphatic hydroxyl groups excluding tert-OH is 1. The van der Waals surface area contributed by atoms with E-state index in [-0.39, 0.29) is 17.9 Å². The van der Waals surface area contributed by atoms with Crippen molar-refractivity contribution < 1.29 is 28.8 Å². The molecule has 31 heavy (non-hydrogen) atoms. The van der Waals surface area contributed by atoms with Crippen LogP contribution in [0.15, 0.2) is 52.1 Å². The number of ketones is 1. The van der Waals surface area contributed by atoms with Crippen LogP contribution in [0.25, 0.3) is 0 Å². The summed E-state index contributed by atoms with van der Waals surface area (Å²) in [6.07, 6.45) is 0.601. The molecule has 1 aromatic carbocycles. The van der Waals surface area contributed by atoms with Gasteiger partial charge in [0, 0.05) is 31.3 Å². The van der Waals surface area contributed by atoms with Crippen LogP contribution in [0.2, 0.25) is 0 Å². The van der Waals surface area contributed by atoms with Crippen molar-refractivity contribution in [2.45, 2.75) is 18.9 Å². The van der Waals surface area contributed by atoms with E-state index < -0.39 is 28.9 Å². The number of aliphatic hydroxyl groups is 1. The molecule has 2 aliphatic rings. The maximum absolute atomic E-state index is 13.7. The minimum Gasteiger partial charge on any atom is -0.503 e. The van der Waals surface area contributed by atoms with Gasteiger partial charge in [-0.15, -0.1) is 0 Å². The van der Waals surface area contributed by atoms with Gasteiger partial charge in [0.25, 0.3) is 11.8 Å². The number of carbonyl (C=O) groups excluding carboxylic acids is 3. The highest BCUT2D eigenvalue weighted by atomic mass is 16.3. The highest BCUT2D eigenvalue weighted by Crippen LogP contribution is 2.52. The average molecular weight is 424 g/mol. The monoisotopic (exact) mass is 424 g/mol. The Morgan fingerprint density at radius 2 is 1.87 bits per heavy atom. The molecule has 1 aromatic heterocycles. The van der Waals surface area contributed by atoms with Gasteiger partial charge in [0.05, 0.1) is 26.2 Å². The average Bonchev–Trinajstić information content (AvgIpc) is 3.33. The third-order valence-corrected chi connectivity index (χ3v) is 5.97. The topological polar surface area (TPSA) is 95.5 Å². The second kappa shape index (κ2) is 7.39. The number of para-hydroxylation sites is 1. The molecule has 0 bridgehead atoms. The molecule has 8 heteroatoms. The van der Waals surface area contributed by atoms with Crippen LogP contribution in [0, 0.1) is 6.92 Å². The van der Waals surface area contributed by atoms with Crippen LogP contribution < -0.4 is 9.80 Å². The summed E-state index contributed by atoms with van der Waals surface area (Å²) >= 11 is 0. The number of quaternary nitrogens is 1. The van der Waals surface area contributed by atoms with Crippen molar-refractivity contribution in [2.75, 3.05) is 39.1 Å². The standard InChI is InChI=1S/C23H25N3O5/c1-14-10-11-17(31-14)19(27)18-20(28)21(29)26(13-7-12-24(2)3)23(18)15-8-5-6-9-16(15)25(4)22(23)30/h5-6,8-11,28H,7,12-13H2,1-4H3/p+1/t23-/m1/s1. The van der Waals surface area contributed by atoms with Crippen LogP contribution in [0.3, 0.4) is 0 Å². The van der Waals surface area contributed by atoms with E-state index >= 15 is 0 Å². The van der Waals surface area contributed by atoms with Crippen molar-refractivity contribution >= 4 is 23.3 Å². The summed E-state index contributed by atoms with van der Waals surface area (Å²) in [5.41, 5.74) is -0.861. The molecule has 0 saturated carbocycles. The molecule has 8 nitrogen and oxygen atoms in total. The number of aryl methyl sites for hydroxylation is 1. The van der Waals surface area contributed by atoms with Crippen LogP contribution in [0.4, 0.5) is 5.69 Å². The van der Waals surface area contributed by atoms with Crippen LogP contribution in [0.1, 0.15) is 28.3 Å². The molecule has 2 aliphatic heterocycles. The summed E-state index contributed by atoms with van der Waals surface area (Å²) < 4.78 is 5.49. The summed E-state index contributed by atoms with van der Waals surface area (Å²) in [7, 11) is 5.60. The molecule has 0 radical (unpaired) electrons. The van der Waals surface area contributed by atoms with E-state index in [4.69, 9.17) is 4.42 Å². The first-order chi connectivity index (χ1) is 14.7. The first kappa shape index (κ1) is 20.9. The number of hydrogen-bond acceptors (Lipinski definition) is 5. The SMILES string of the molecule is Cc1ccc(C(=O)C2=C(O)C(=O)N(CCC[NH+](C)C)[C@@]23C(=O)N(C)c2ccccc23)o1. The van der Waals surface area contributed by atoms with Gasteiger partial charge in [-0.2, -0.15) is 0 Å². The van der Waals surface area contributed by atoms with Crippen molar-refractivity contribution in [1.82, 2.24) is 4.90 Å². The molecule has 4 rings (SSSR count). The first-order valence-corrected chi connectivity index (χ1v) is 10.2. The lowest BCUT2D eigenvalue weighted by atomic mass is 9.81. The van der Waals surface area contributed by atoms with Gasteiger partial charge >= 0.3 is 0 Å². The molecule has 0 fully saturated rings. The number of amides is 2. The van der Waals surface area contributed by atoms with Crippen molar-refractivity contribution in [3.05, 3.63) is 64.8 Å². The van der Waals surface area contributed by atoms with Crippen LogP contribution in [0.5, 0.6) is 0 Å². The fourth-order valence-electron chi connectivity index (χ4n) is 4.55. The quantitative estimate of drug-likeness (QED) is 0.670. The van der Waals surface area contributed by atoms with Crippen LogP contribution >= 0.6 is 0 Å². The van der Waals surface area contributed by atoms with Gasteiger partial charge < -0.3 is 24.2 Å². The second-order valence-corrected chi connectivity index (χ2v) is 8.32. The summed E-state index contributed by atoms with van der Waals surface area (Å²) in [5, 5.41) is 10.9. The molecule has 2 amide bonds. The van der Waals surface area contributed by atoms with E-state index in [0.29, 0.717) is 23.4 Å². The minimum absolute atomic E-state index is 0.0226. The lowest BCUT2D eigenvalue weighted by Gasteiger charge is -2.35. The number of benzene rings is 1. The van der Waals surface area contributed by atoms with Crippen molar-refractivity contribution in [2.24, 2.45) is 0 Å². The normalized spacial score (nSPS) is 20.5. The maximum Gasteiger partial charge on any atom is 0.290 e. The molecule has 3 heterocycles. The third kappa shape index (κ3) is 2.90. The maximum atomic E-state index is 13.7. The Hall–Kier alpha value is -3.39. The van der Waals surface area contributed by atoms with E-state index in [0.717, 1.165) is 6.54 Å². The molecular weight excluding hydrogens is 398 g/mol. The van der Waals surface area contributed by atoms with Gasteiger partial charge in [-0.05, 0) is 25.1 Å². The zero-order valence-electron chi connectivity index (χ0n) is 18.1. The van der Waals surface area contributed by atoms with Crippen molar-refractivity contribution in [3.63, 3.8) is 0 Å². The second-order valence-electron chi connectivity index (χ2n) is 8.32. The number of likely N-dealkylation sites (N-methyl/N-ethyl adjacent to an activating group) is 1. The number of rotatable bonds is 6. The summed E-state index contributed by atoms with van der Waals surface area (Å²) in [6.45, 7) is 2.67. The number of Topliss-reactive ketones (excluding diaryl/α,β-unsaturated/α-hetero) is 1. The largest absolute Gasteiger partial charge is 0.503 e. The Kier molecular flexibility index (Phi) is 4.97. The Bertz CT molecular complexity index is 1120. The lowest BCUT2D eigenvalue weighted by Crippen LogP contribution is -3.05. The van der Waals surface area contributed by atoms with E-state index in [1.165, 1.54) is 20.8 Å². The number of anilines is 1. The highest BCUT2D eigenvalue weighted by Gasteiger charge is 2.65. The first-order valence-electron chi connectivity index (χ1n) is 10.2.